The van der Waals surface area contributed by atoms with Crippen molar-refractivity contribution in [2.75, 3.05) is 12.3 Å². The molecule has 0 bridgehead atoms. The summed E-state index contributed by atoms with van der Waals surface area (Å²) in [5.41, 5.74) is 6.33. The Morgan fingerprint density at radius 2 is 2.04 bits per heavy atom. The van der Waals surface area contributed by atoms with Gasteiger partial charge in [0.25, 0.3) is 5.91 Å². The topological polar surface area (TPSA) is 72.9 Å². The van der Waals surface area contributed by atoms with Crippen molar-refractivity contribution in [1.82, 2.24) is 15.1 Å². The van der Waals surface area contributed by atoms with Gasteiger partial charge in [0.15, 0.2) is 0 Å². The number of benzene rings is 1. The minimum absolute atomic E-state index is 0.0774. The van der Waals surface area contributed by atoms with Gasteiger partial charge in [0, 0.05) is 23.2 Å². The van der Waals surface area contributed by atoms with E-state index in [0.717, 1.165) is 12.8 Å². The molecule has 23 heavy (non-hydrogen) atoms. The molecule has 0 aliphatic heterocycles. The minimum atomic E-state index is -0.143. The highest BCUT2D eigenvalue weighted by atomic mass is 32.2. The molecule has 1 aliphatic carbocycles. The molecule has 0 saturated heterocycles. The van der Waals surface area contributed by atoms with Gasteiger partial charge in [0.05, 0.1) is 6.20 Å². The summed E-state index contributed by atoms with van der Waals surface area (Å²) in [6, 6.07) is 10.4. The number of nitrogens with zero attached hydrogens (tertiary/aromatic N) is 2. The first-order valence-corrected chi connectivity index (χ1v) is 8.71. The molecule has 1 saturated carbocycles. The largest absolute Gasteiger partial charge is 0.383 e. The highest BCUT2D eigenvalue weighted by molar-refractivity contribution is 8.00. The summed E-state index contributed by atoms with van der Waals surface area (Å²) in [6.07, 6.45) is 6.19. The van der Waals surface area contributed by atoms with Gasteiger partial charge in [0.1, 0.15) is 11.4 Å². The summed E-state index contributed by atoms with van der Waals surface area (Å²) in [7, 11) is 1.73. The lowest BCUT2D eigenvalue weighted by Crippen LogP contribution is -2.38. The number of nitrogens with two attached hydrogens (primary N) is 1. The van der Waals surface area contributed by atoms with Gasteiger partial charge in [-0.2, -0.15) is 5.10 Å². The van der Waals surface area contributed by atoms with Crippen LogP contribution in [0.4, 0.5) is 5.82 Å². The van der Waals surface area contributed by atoms with E-state index >= 15 is 0 Å². The van der Waals surface area contributed by atoms with Crippen LogP contribution in [0.15, 0.2) is 41.4 Å². The number of hydrogen-bond donors (Lipinski definition) is 2. The number of hydrogen-bond acceptors (Lipinski definition) is 4. The number of nitrogen functional groups attached to an aromatic ring is 1. The van der Waals surface area contributed by atoms with Gasteiger partial charge in [-0.05, 0) is 25.0 Å². The second-order valence-electron chi connectivity index (χ2n) is 6.06. The minimum Gasteiger partial charge on any atom is -0.383 e. The van der Waals surface area contributed by atoms with Crippen LogP contribution >= 0.6 is 11.8 Å². The van der Waals surface area contributed by atoms with Gasteiger partial charge >= 0.3 is 0 Å². The summed E-state index contributed by atoms with van der Waals surface area (Å²) in [6.45, 7) is 0.653. The number of carbonyl (C=O) groups excluding carboxylic acids is 1. The highest BCUT2D eigenvalue weighted by Gasteiger charge is 2.35. The number of thioether (sulfide) groups is 1. The number of nitrogens with one attached hydrogen (secondary N) is 1. The van der Waals surface area contributed by atoms with E-state index in [2.05, 4.69) is 34.7 Å². The molecule has 1 fully saturated rings. The third kappa shape index (κ3) is 3.52. The van der Waals surface area contributed by atoms with Crippen LogP contribution in [0.5, 0.6) is 0 Å². The van der Waals surface area contributed by atoms with Crippen molar-refractivity contribution in [3.05, 3.63) is 42.1 Å². The van der Waals surface area contributed by atoms with Crippen LogP contribution in [0.2, 0.25) is 0 Å². The molecule has 0 radical (unpaired) electrons. The fraction of sp³-hybridized carbons (Fsp3) is 0.412. The van der Waals surface area contributed by atoms with Gasteiger partial charge in [-0.25, -0.2) is 0 Å². The Labute approximate surface area is 140 Å². The molecular weight excluding hydrogens is 308 g/mol. The Bertz CT molecular complexity index is 677. The number of aryl methyl sites for hydroxylation is 1. The molecule has 2 aromatic rings. The molecule has 0 spiro atoms. The van der Waals surface area contributed by atoms with Crippen molar-refractivity contribution < 1.29 is 4.79 Å². The first-order chi connectivity index (χ1) is 11.1. The first kappa shape index (κ1) is 15.9. The summed E-state index contributed by atoms with van der Waals surface area (Å²) < 4.78 is 1.59. The number of amides is 1. The summed E-state index contributed by atoms with van der Waals surface area (Å²) >= 11 is 1.88. The molecule has 3 rings (SSSR count). The van der Waals surface area contributed by atoms with Gasteiger partial charge in [0.2, 0.25) is 0 Å². The average Bonchev–Trinajstić information content (AvgIpc) is 3.15. The maximum atomic E-state index is 12.4. The van der Waals surface area contributed by atoms with Crippen LogP contribution < -0.4 is 11.1 Å². The fourth-order valence-corrected chi connectivity index (χ4v) is 4.46. The standard InChI is InChI=1S/C17H22N4OS/c1-21-15(18)14(11-20-21)16(22)19-12-17(9-5-6-10-17)23-13-7-3-2-4-8-13/h2-4,7-8,11H,5-6,9-10,12,18H2,1H3,(H,19,22). The maximum Gasteiger partial charge on any atom is 0.256 e. The monoisotopic (exact) mass is 330 g/mol. The zero-order valence-electron chi connectivity index (χ0n) is 13.3. The number of carbonyl (C=O) groups is 1. The predicted octanol–water partition coefficient (Wildman–Crippen LogP) is 2.84. The third-order valence-corrected chi connectivity index (χ3v) is 5.89. The lowest BCUT2D eigenvalue weighted by molar-refractivity contribution is 0.0950. The summed E-state index contributed by atoms with van der Waals surface area (Å²) in [5.74, 6) is 0.259. The van der Waals surface area contributed by atoms with Crippen molar-refractivity contribution in [3.63, 3.8) is 0 Å². The molecule has 1 aliphatic rings. The van der Waals surface area contributed by atoms with Crippen molar-refractivity contribution in [3.8, 4) is 0 Å². The molecule has 5 nitrogen and oxygen atoms in total. The Morgan fingerprint density at radius 3 is 2.65 bits per heavy atom. The lowest BCUT2D eigenvalue weighted by atomic mass is 10.1. The molecule has 1 aromatic carbocycles. The van der Waals surface area contributed by atoms with E-state index in [-0.39, 0.29) is 10.7 Å². The zero-order chi connectivity index (χ0) is 16.3. The Hall–Kier alpha value is -1.95. The van der Waals surface area contributed by atoms with E-state index in [1.54, 1.807) is 7.05 Å². The molecule has 1 aromatic heterocycles. The second-order valence-corrected chi connectivity index (χ2v) is 7.60. The zero-order valence-corrected chi connectivity index (χ0v) is 14.1. The van der Waals surface area contributed by atoms with Gasteiger partial charge in [-0.1, -0.05) is 31.0 Å². The lowest BCUT2D eigenvalue weighted by Gasteiger charge is -2.28. The predicted molar refractivity (Wildman–Crippen MR) is 93.5 cm³/mol. The van der Waals surface area contributed by atoms with E-state index in [4.69, 9.17) is 5.73 Å². The van der Waals surface area contributed by atoms with Crippen LogP contribution in [0.1, 0.15) is 36.0 Å². The van der Waals surface area contributed by atoms with E-state index in [1.807, 2.05) is 17.8 Å². The smallest absolute Gasteiger partial charge is 0.256 e. The summed E-state index contributed by atoms with van der Waals surface area (Å²) in [5, 5.41) is 7.09. The van der Waals surface area contributed by atoms with Crippen molar-refractivity contribution >= 4 is 23.5 Å². The first-order valence-electron chi connectivity index (χ1n) is 7.89. The van der Waals surface area contributed by atoms with Crippen LogP contribution in [-0.2, 0) is 7.05 Å². The molecule has 1 heterocycles. The number of anilines is 1. The normalized spacial score (nSPS) is 16.4. The van der Waals surface area contributed by atoms with E-state index < -0.39 is 0 Å². The number of aromatic nitrogens is 2. The van der Waals surface area contributed by atoms with Gasteiger partial charge < -0.3 is 11.1 Å². The molecule has 0 unspecified atom stereocenters. The van der Waals surface area contributed by atoms with Gasteiger partial charge in [-0.15, -0.1) is 11.8 Å². The molecule has 1 amide bonds. The second kappa shape index (κ2) is 6.66. The van der Waals surface area contributed by atoms with E-state index in [0.29, 0.717) is 17.9 Å². The molecule has 6 heteroatoms. The SMILES string of the molecule is Cn1ncc(C(=O)NCC2(Sc3ccccc3)CCCC2)c1N. The van der Waals surface area contributed by atoms with Crippen molar-refractivity contribution in [2.24, 2.45) is 7.05 Å². The molecule has 122 valence electrons. The highest BCUT2D eigenvalue weighted by Crippen LogP contribution is 2.44. The van der Waals surface area contributed by atoms with Crippen LogP contribution in [0.25, 0.3) is 0 Å². The quantitative estimate of drug-likeness (QED) is 0.884. The Kier molecular flexibility index (Phi) is 4.61. The third-order valence-electron chi connectivity index (χ3n) is 4.39. The molecule has 3 N–H and O–H groups in total. The molecular formula is C17H22N4OS. The van der Waals surface area contributed by atoms with E-state index in [9.17, 15) is 4.79 Å². The van der Waals surface area contributed by atoms with Gasteiger partial charge in [-0.3, -0.25) is 9.48 Å². The van der Waals surface area contributed by atoms with E-state index in [1.165, 1.54) is 28.6 Å². The van der Waals surface area contributed by atoms with Crippen LogP contribution in [0, 0.1) is 0 Å². The summed E-state index contributed by atoms with van der Waals surface area (Å²) in [4.78, 5) is 13.6. The fourth-order valence-electron chi connectivity index (χ4n) is 3.03. The Morgan fingerprint density at radius 1 is 1.35 bits per heavy atom. The van der Waals surface area contributed by atoms with Crippen LogP contribution in [0.3, 0.4) is 0 Å². The van der Waals surface area contributed by atoms with Crippen molar-refractivity contribution in [1.29, 1.82) is 0 Å². The Balaban J connectivity index is 1.68. The number of rotatable bonds is 5. The van der Waals surface area contributed by atoms with Crippen LogP contribution in [-0.4, -0.2) is 27.0 Å². The average molecular weight is 330 g/mol. The molecule has 0 atom stereocenters. The maximum absolute atomic E-state index is 12.4. The van der Waals surface area contributed by atoms with Crippen molar-refractivity contribution in [2.45, 2.75) is 35.3 Å².